The summed E-state index contributed by atoms with van der Waals surface area (Å²) in [5, 5.41) is 0. The molecule has 2 aliphatic rings. The van der Waals surface area contributed by atoms with Gasteiger partial charge in [0.05, 0.1) is 0 Å². The Morgan fingerprint density at radius 2 is 1.72 bits per heavy atom. The highest BCUT2D eigenvalue weighted by Crippen LogP contribution is 2.24. The molecular weight excluding hydrogens is 222 g/mol. The van der Waals surface area contributed by atoms with Crippen LogP contribution in [0.1, 0.15) is 39.5 Å². The summed E-state index contributed by atoms with van der Waals surface area (Å²) in [6.07, 6.45) is 5.25. The summed E-state index contributed by atoms with van der Waals surface area (Å²) in [7, 11) is 0. The lowest BCUT2D eigenvalue weighted by Crippen LogP contribution is -2.49. The molecule has 1 saturated carbocycles. The van der Waals surface area contributed by atoms with Crippen molar-refractivity contribution in [1.29, 1.82) is 0 Å². The molecule has 0 aromatic carbocycles. The molecule has 1 aliphatic carbocycles. The van der Waals surface area contributed by atoms with Crippen LogP contribution in [-0.2, 0) is 0 Å². The van der Waals surface area contributed by atoms with Gasteiger partial charge < -0.3 is 15.5 Å². The molecular formula is C15H31N3. The summed E-state index contributed by atoms with van der Waals surface area (Å²) in [5.74, 6) is 1.67. The first kappa shape index (κ1) is 14.3. The number of rotatable bonds is 4. The zero-order valence-electron chi connectivity index (χ0n) is 12.3. The van der Waals surface area contributed by atoms with Crippen LogP contribution in [0.3, 0.4) is 0 Å². The molecule has 0 aromatic rings. The van der Waals surface area contributed by atoms with Gasteiger partial charge in [-0.3, -0.25) is 0 Å². The van der Waals surface area contributed by atoms with Gasteiger partial charge in [0, 0.05) is 45.3 Å². The fraction of sp³-hybridized carbons (Fsp3) is 1.00. The van der Waals surface area contributed by atoms with Crippen molar-refractivity contribution in [2.24, 2.45) is 17.6 Å². The Bertz CT molecular complexity index is 234. The highest BCUT2D eigenvalue weighted by atomic mass is 15.3. The predicted octanol–water partition coefficient (Wildman–Crippen LogP) is 1.78. The maximum absolute atomic E-state index is 6.08. The molecule has 0 radical (unpaired) electrons. The minimum atomic E-state index is 0.478. The molecule has 2 atom stereocenters. The van der Waals surface area contributed by atoms with E-state index in [0.717, 1.165) is 11.8 Å². The van der Waals surface area contributed by atoms with Crippen molar-refractivity contribution in [3.05, 3.63) is 0 Å². The Kier molecular flexibility index (Phi) is 5.46. The van der Waals surface area contributed by atoms with E-state index in [1.807, 2.05) is 0 Å². The summed E-state index contributed by atoms with van der Waals surface area (Å²) < 4.78 is 0. The summed E-state index contributed by atoms with van der Waals surface area (Å²) in [6.45, 7) is 12.2. The lowest BCUT2D eigenvalue weighted by Gasteiger charge is -2.38. The summed E-state index contributed by atoms with van der Waals surface area (Å²) in [6, 6.07) is 0.478. The van der Waals surface area contributed by atoms with Crippen LogP contribution in [0.2, 0.25) is 0 Å². The van der Waals surface area contributed by atoms with Gasteiger partial charge in [-0.05, 0) is 31.1 Å². The van der Waals surface area contributed by atoms with Crippen LogP contribution in [0.4, 0.5) is 0 Å². The minimum absolute atomic E-state index is 0.478. The first-order valence-electron chi connectivity index (χ1n) is 7.83. The van der Waals surface area contributed by atoms with Gasteiger partial charge in [-0.1, -0.05) is 20.3 Å². The van der Waals surface area contributed by atoms with Gasteiger partial charge in [0.25, 0.3) is 0 Å². The quantitative estimate of drug-likeness (QED) is 0.829. The molecule has 2 N–H and O–H groups in total. The van der Waals surface area contributed by atoms with E-state index in [4.69, 9.17) is 5.73 Å². The molecule has 3 heteroatoms. The molecule has 3 nitrogen and oxygen atoms in total. The van der Waals surface area contributed by atoms with Crippen molar-refractivity contribution >= 4 is 0 Å². The molecule has 2 fully saturated rings. The highest BCUT2D eigenvalue weighted by Gasteiger charge is 2.24. The van der Waals surface area contributed by atoms with Crippen molar-refractivity contribution < 1.29 is 0 Å². The molecule has 1 aliphatic heterocycles. The molecule has 18 heavy (non-hydrogen) atoms. The zero-order chi connectivity index (χ0) is 13.0. The molecule has 0 bridgehead atoms. The maximum Gasteiger partial charge on any atom is 0.0110 e. The predicted molar refractivity (Wildman–Crippen MR) is 77.7 cm³/mol. The second-order valence-corrected chi connectivity index (χ2v) is 6.79. The summed E-state index contributed by atoms with van der Waals surface area (Å²) >= 11 is 0. The van der Waals surface area contributed by atoms with E-state index in [1.165, 1.54) is 65.0 Å². The lowest BCUT2D eigenvalue weighted by atomic mass is 9.86. The molecule has 0 aromatic heterocycles. The van der Waals surface area contributed by atoms with Crippen LogP contribution in [0, 0.1) is 11.8 Å². The second kappa shape index (κ2) is 6.88. The number of piperazine rings is 1. The third-order valence-corrected chi connectivity index (χ3v) is 4.43. The second-order valence-electron chi connectivity index (χ2n) is 6.79. The Hall–Kier alpha value is -0.120. The molecule has 106 valence electrons. The fourth-order valence-corrected chi connectivity index (χ4v) is 3.53. The van der Waals surface area contributed by atoms with Crippen LogP contribution in [0.25, 0.3) is 0 Å². The number of hydrogen-bond acceptors (Lipinski definition) is 3. The van der Waals surface area contributed by atoms with E-state index in [9.17, 15) is 0 Å². The lowest BCUT2D eigenvalue weighted by molar-refractivity contribution is 0.100. The first-order valence-corrected chi connectivity index (χ1v) is 7.83. The van der Waals surface area contributed by atoms with Crippen LogP contribution >= 0.6 is 0 Å². The van der Waals surface area contributed by atoms with E-state index in [0.29, 0.717) is 6.04 Å². The fourth-order valence-electron chi connectivity index (χ4n) is 3.53. The van der Waals surface area contributed by atoms with E-state index >= 15 is 0 Å². The van der Waals surface area contributed by atoms with E-state index < -0.39 is 0 Å². The van der Waals surface area contributed by atoms with Crippen LogP contribution in [-0.4, -0.2) is 55.1 Å². The maximum atomic E-state index is 6.08. The monoisotopic (exact) mass is 253 g/mol. The van der Waals surface area contributed by atoms with E-state index in [1.54, 1.807) is 0 Å². The zero-order valence-corrected chi connectivity index (χ0v) is 12.3. The molecule has 0 spiro atoms. The van der Waals surface area contributed by atoms with Gasteiger partial charge in [0.2, 0.25) is 0 Å². The Morgan fingerprint density at radius 3 is 2.33 bits per heavy atom. The molecule has 0 amide bonds. The van der Waals surface area contributed by atoms with Gasteiger partial charge in [-0.2, -0.15) is 0 Å². The number of nitrogens with two attached hydrogens (primary N) is 1. The molecule has 2 unspecified atom stereocenters. The normalized spacial score (nSPS) is 32.0. The topological polar surface area (TPSA) is 32.5 Å². The number of nitrogens with zero attached hydrogens (tertiary/aromatic N) is 2. The minimum Gasteiger partial charge on any atom is -0.328 e. The molecule has 1 heterocycles. The average Bonchev–Trinajstić information content (AvgIpc) is 2.31. The van der Waals surface area contributed by atoms with E-state index in [-0.39, 0.29) is 0 Å². The van der Waals surface area contributed by atoms with Crippen LogP contribution in [0.15, 0.2) is 0 Å². The van der Waals surface area contributed by atoms with Crippen molar-refractivity contribution in [3.8, 4) is 0 Å². The van der Waals surface area contributed by atoms with Gasteiger partial charge in [-0.25, -0.2) is 0 Å². The van der Waals surface area contributed by atoms with Crippen LogP contribution in [0.5, 0.6) is 0 Å². The smallest absolute Gasteiger partial charge is 0.0110 e. The SMILES string of the molecule is CC(C)CN1CCN(CC2CCCC(N)C2)CC1. The number of hydrogen-bond donors (Lipinski definition) is 1. The molecule has 2 rings (SSSR count). The Balaban J connectivity index is 1.66. The van der Waals surface area contributed by atoms with Gasteiger partial charge in [-0.15, -0.1) is 0 Å². The third-order valence-electron chi connectivity index (χ3n) is 4.43. The summed E-state index contributed by atoms with van der Waals surface area (Å²) in [5.41, 5.74) is 6.08. The van der Waals surface area contributed by atoms with Gasteiger partial charge in [0.15, 0.2) is 0 Å². The molecule has 1 saturated heterocycles. The largest absolute Gasteiger partial charge is 0.328 e. The van der Waals surface area contributed by atoms with Crippen molar-refractivity contribution in [1.82, 2.24) is 9.80 Å². The van der Waals surface area contributed by atoms with Crippen molar-refractivity contribution in [2.75, 3.05) is 39.3 Å². The first-order chi connectivity index (χ1) is 8.63. The van der Waals surface area contributed by atoms with Gasteiger partial charge >= 0.3 is 0 Å². The highest BCUT2D eigenvalue weighted by molar-refractivity contribution is 4.80. The van der Waals surface area contributed by atoms with Crippen LogP contribution < -0.4 is 5.73 Å². The van der Waals surface area contributed by atoms with Crippen molar-refractivity contribution in [3.63, 3.8) is 0 Å². The standard InChI is InChI=1S/C15H31N3/c1-13(2)11-17-6-8-18(9-7-17)12-14-4-3-5-15(16)10-14/h13-15H,3-12,16H2,1-2H3. The Morgan fingerprint density at radius 1 is 1.06 bits per heavy atom. The van der Waals surface area contributed by atoms with Crippen molar-refractivity contribution in [2.45, 2.75) is 45.6 Å². The summed E-state index contributed by atoms with van der Waals surface area (Å²) in [4.78, 5) is 5.29. The van der Waals surface area contributed by atoms with E-state index in [2.05, 4.69) is 23.6 Å². The average molecular weight is 253 g/mol. The third kappa shape index (κ3) is 4.52. The Labute approximate surface area is 113 Å². The van der Waals surface area contributed by atoms with Gasteiger partial charge in [0.1, 0.15) is 0 Å².